The lowest BCUT2D eigenvalue weighted by Crippen LogP contribution is -2.30. The maximum atomic E-state index is 11.6. The third kappa shape index (κ3) is 2.98. The van der Waals surface area contributed by atoms with Crippen molar-refractivity contribution in [3.63, 3.8) is 0 Å². The highest BCUT2D eigenvalue weighted by Crippen LogP contribution is 2.18. The molecule has 1 aromatic heterocycles. The van der Waals surface area contributed by atoms with E-state index >= 15 is 0 Å². The molecule has 2 rings (SSSR count). The summed E-state index contributed by atoms with van der Waals surface area (Å²) in [6, 6.07) is 12.4. The predicted octanol–water partition coefficient (Wildman–Crippen LogP) is 1.72. The first-order chi connectivity index (χ1) is 8.70. The number of alkyl halides is 1. The summed E-state index contributed by atoms with van der Waals surface area (Å²) in [5, 5.41) is 3.26. The average Bonchev–Trinajstić information content (AvgIpc) is 2.41. The van der Waals surface area contributed by atoms with Crippen LogP contribution in [-0.2, 0) is 6.54 Å². The highest BCUT2D eigenvalue weighted by Gasteiger charge is 2.11. The van der Waals surface area contributed by atoms with E-state index < -0.39 is 0 Å². The van der Waals surface area contributed by atoms with E-state index in [9.17, 15) is 9.59 Å². The van der Waals surface area contributed by atoms with E-state index in [0.717, 1.165) is 10.9 Å². The molecule has 0 amide bonds. The van der Waals surface area contributed by atoms with Gasteiger partial charge in [0, 0.05) is 23.4 Å². The van der Waals surface area contributed by atoms with Gasteiger partial charge in [0.15, 0.2) is 0 Å². The summed E-state index contributed by atoms with van der Waals surface area (Å²) in [6.45, 7) is 0.449. The van der Waals surface area contributed by atoms with Crippen molar-refractivity contribution in [1.29, 1.82) is 0 Å². The standard InChI is InChI=1S/C13H13BrN2O2/c14-8-11(10-4-2-1-3-5-10)9-16-13(18)7-6-12(17)15-16/h1-7,11H,8-9H2,(H,15,17). The molecule has 2 aromatic rings. The Morgan fingerprint density at radius 3 is 2.50 bits per heavy atom. The monoisotopic (exact) mass is 308 g/mol. The molecule has 94 valence electrons. The molecule has 0 fully saturated rings. The van der Waals surface area contributed by atoms with Gasteiger partial charge in [0.2, 0.25) is 0 Å². The highest BCUT2D eigenvalue weighted by atomic mass is 79.9. The number of aromatic nitrogens is 2. The molecule has 1 aromatic carbocycles. The molecule has 1 unspecified atom stereocenters. The number of hydrogen-bond acceptors (Lipinski definition) is 2. The number of nitrogens with one attached hydrogen (secondary N) is 1. The van der Waals surface area contributed by atoms with Crippen LogP contribution in [0.2, 0.25) is 0 Å². The van der Waals surface area contributed by atoms with Crippen molar-refractivity contribution in [2.75, 3.05) is 5.33 Å². The molecule has 1 heterocycles. The Hall–Kier alpha value is -1.62. The first-order valence-electron chi connectivity index (χ1n) is 5.62. The van der Waals surface area contributed by atoms with Gasteiger partial charge in [-0.05, 0) is 5.56 Å². The van der Waals surface area contributed by atoms with Crippen LogP contribution in [0.25, 0.3) is 0 Å². The molecule has 0 spiro atoms. The fraction of sp³-hybridized carbons (Fsp3) is 0.231. The van der Waals surface area contributed by atoms with Gasteiger partial charge in [0.1, 0.15) is 0 Å². The van der Waals surface area contributed by atoms with Gasteiger partial charge in [-0.3, -0.25) is 14.7 Å². The molecule has 4 nitrogen and oxygen atoms in total. The lowest BCUT2D eigenvalue weighted by Gasteiger charge is -2.15. The number of aromatic amines is 1. The number of nitrogens with zero attached hydrogens (tertiary/aromatic N) is 1. The molecule has 18 heavy (non-hydrogen) atoms. The first-order valence-corrected chi connectivity index (χ1v) is 6.74. The smallest absolute Gasteiger partial charge is 0.265 e. The van der Waals surface area contributed by atoms with Crippen LogP contribution in [0.15, 0.2) is 52.1 Å². The summed E-state index contributed by atoms with van der Waals surface area (Å²) < 4.78 is 1.35. The lowest BCUT2D eigenvalue weighted by atomic mass is 10.0. The second-order valence-corrected chi connectivity index (χ2v) is 4.67. The third-order valence-corrected chi connectivity index (χ3v) is 3.53. The Balaban J connectivity index is 2.29. The highest BCUT2D eigenvalue weighted by molar-refractivity contribution is 9.09. The summed E-state index contributed by atoms with van der Waals surface area (Å²) in [6.07, 6.45) is 0. The zero-order chi connectivity index (χ0) is 13.0. The average molecular weight is 309 g/mol. The molecule has 1 N–H and O–H groups in total. The van der Waals surface area contributed by atoms with Gasteiger partial charge in [-0.2, -0.15) is 0 Å². The van der Waals surface area contributed by atoms with Crippen LogP contribution < -0.4 is 11.1 Å². The molecule has 1 atom stereocenters. The number of H-pyrrole nitrogens is 1. The molecule has 5 heteroatoms. The van der Waals surface area contributed by atoms with Crippen molar-refractivity contribution in [3.05, 3.63) is 68.7 Å². The minimum absolute atomic E-state index is 0.141. The van der Waals surface area contributed by atoms with Crippen LogP contribution in [0.5, 0.6) is 0 Å². The number of hydrogen-bond donors (Lipinski definition) is 1. The van der Waals surface area contributed by atoms with Gasteiger partial charge >= 0.3 is 0 Å². The zero-order valence-corrected chi connectivity index (χ0v) is 11.3. The van der Waals surface area contributed by atoms with E-state index in [2.05, 4.69) is 21.0 Å². The molecular weight excluding hydrogens is 296 g/mol. The first kappa shape index (κ1) is 12.8. The topological polar surface area (TPSA) is 54.9 Å². The zero-order valence-electron chi connectivity index (χ0n) is 9.67. The maximum absolute atomic E-state index is 11.6. The fourth-order valence-electron chi connectivity index (χ4n) is 1.79. The van der Waals surface area contributed by atoms with Crippen LogP contribution >= 0.6 is 15.9 Å². The van der Waals surface area contributed by atoms with Crippen LogP contribution in [0.1, 0.15) is 11.5 Å². The van der Waals surface area contributed by atoms with Crippen LogP contribution in [0.4, 0.5) is 0 Å². The Kier molecular flexibility index (Phi) is 4.15. The van der Waals surface area contributed by atoms with E-state index in [4.69, 9.17) is 0 Å². The minimum atomic E-state index is -0.268. The Morgan fingerprint density at radius 1 is 1.11 bits per heavy atom. The summed E-state index contributed by atoms with van der Waals surface area (Å²) in [5.41, 5.74) is 0.665. The van der Waals surface area contributed by atoms with Crippen molar-refractivity contribution in [3.8, 4) is 0 Å². The molecule has 0 aliphatic heterocycles. The molecule has 0 aliphatic rings. The molecule has 0 saturated heterocycles. The van der Waals surface area contributed by atoms with Gasteiger partial charge < -0.3 is 0 Å². The predicted molar refractivity (Wildman–Crippen MR) is 74.3 cm³/mol. The summed E-state index contributed by atoms with van der Waals surface area (Å²) in [7, 11) is 0. The van der Waals surface area contributed by atoms with Gasteiger partial charge in [0.05, 0.1) is 6.54 Å². The molecule has 0 saturated carbocycles. The summed E-state index contributed by atoms with van der Waals surface area (Å²) >= 11 is 3.45. The van der Waals surface area contributed by atoms with Crippen LogP contribution in [0.3, 0.4) is 0 Å². The normalized spacial score (nSPS) is 12.3. The van der Waals surface area contributed by atoms with Crippen molar-refractivity contribution in [2.45, 2.75) is 12.5 Å². The molecule has 0 bridgehead atoms. The van der Waals surface area contributed by atoms with Crippen molar-refractivity contribution < 1.29 is 0 Å². The SMILES string of the molecule is O=c1ccc(=O)n(CC(CBr)c2ccccc2)[nH]1. The Morgan fingerprint density at radius 2 is 1.83 bits per heavy atom. The van der Waals surface area contributed by atoms with Gasteiger partial charge in [-0.15, -0.1) is 0 Å². The second-order valence-electron chi connectivity index (χ2n) is 4.02. The van der Waals surface area contributed by atoms with Gasteiger partial charge in [-0.1, -0.05) is 46.3 Å². The van der Waals surface area contributed by atoms with E-state index in [1.165, 1.54) is 16.8 Å². The number of rotatable bonds is 4. The van der Waals surface area contributed by atoms with Gasteiger partial charge in [-0.25, -0.2) is 4.68 Å². The number of benzene rings is 1. The third-order valence-electron chi connectivity index (χ3n) is 2.75. The van der Waals surface area contributed by atoms with E-state index in [0.29, 0.717) is 6.54 Å². The van der Waals surface area contributed by atoms with E-state index in [1.807, 2.05) is 30.3 Å². The van der Waals surface area contributed by atoms with Crippen LogP contribution in [0, 0.1) is 0 Å². The maximum Gasteiger partial charge on any atom is 0.265 e. The lowest BCUT2D eigenvalue weighted by molar-refractivity contribution is 0.517. The summed E-state index contributed by atoms with van der Waals surface area (Å²) in [5.74, 6) is 0.141. The Bertz CT molecular complexity index is 619. The molecule has 0 radical (unpaired) electrons. The molecule has 0 aliphatic carbocycles. The van der Waals surface area contributed by atoms with Gasteiger partial charge in [0.25, 0.3) is 11.1 Å². The second kappa shape index (κ2) is 5.82. The van der Waals surface area contributed by atoms with Crippen LogP contribution in [-0.4, -0.2) is 15.1 Å². The largest absolute Gasteiger partial charge is 0.268 e. The Labute approximate surface area is 112 Å². The summed E-state index contributed by atoms with van der Waals surface area (Å²) in [4.78, 5) is 22.9. The quantitative estimate of drug-likeness (QED) is 0.874. The van der Waals surface area contributed by atoms with Crippen molar-refractivity contribution >= 4 is 15.9 Å². The minimum Gasteiger partial charge on any atom is -0.268 e. The van der Waals surface area contributed by atoms with E-state index in [1.54, 1.807) is 0 Å². The van der Waals surface area contributed by atoms with E-state index in [-0.39, 0.29) is 17.0 Å². The fourth-order valence-corrected chi connectivity index (χ4v) is 2.37. The van der Waals surface area contributed by atoms with Crippen molar-refractivity contribution in [2.24, 2.45) is 0 Å². The number of halogens is 1. The van der Waals surface area contributed by atoms with Crippen molar-refractivity contribution in [1.82, 2.24) is 9.78 Å². The molecular formula is C13H13BrN2O2.